The van der Waals surface area contributed by atoms with E-state index >= 15 is 0 Å². The van der Waals surface area contributed by atoms with Crippen molar-refractivity contribution in [1.29, 1.82) is 0 Å². The Bertz CT molecular complexity index is 418. The predicted octanol–water partition coefficient (Wildman–Crippen LogP) is 1.88. The summed E-state index contributed by atoms with van der Waals surface area (Å²) in [5, 5.41) is 10.0. The first-order valence-corrected chi connectivity index (χ1v) is 6.26. The van der Waals surface area contributed by atoms with Crippen LogP contribution in [0.4, 0.5) is 0 Å². The van der Waals surface area contributed by atoms with Crippen LogP contribution in [0.2, 0.25) is 0 Å². The number of carbonyl (C=O) groups excluding carboxylic acids is 1. The molecule has 6 nitrogen and oxygen atoms in total. The molecule has 0 radical (unpaired) electrons. The molecule has 0 spiro atoms. The highest BCUT2D eigenvalue weighted by Gasteiger charge is 2.12. The molecule has 0 saturated carbocycles. The van der Waals surface area contributed by atoms with Gasteiger partial charge in [-0.05, 0) is 12.8 Å². The van der Waals surface area contributed by atoms with Crippen LogP contribution in [-0.4, -0.2) is 39.2 Å². The summed E-state index contributed by atoms with van der Waals surface area (Å²) in [7, 11) is 3.02. The number of rotatable bonds is 10. The zero-order valence-electron chi connectivity index (χ0n) is 11.8. The van der Waals surface area contributed by atoms with Crippen LogP contribution in [0.25, 0.3) is 0 Å². The van der Waals surface area contributed by atoms with E-state index < -0.39 is 0 Å². The first kappa shape index (κ1) is 16.3. The van der Waals surface area contributed by atoms with Crippen LogP contribution in [0.1, 0.15) is 18.4 Å². The molecule has 0 heterocycles. The Balaban J connectivity index is 2.90. The van der Waals surface area contributed by atoms with Gasteiger partial charge in [-0.25, -0.2) is 0 Å². The summed E-state index contributed by atoms with van der Waals surface area (Å²) in [6.07, 6.45) is 2.46. The third-order valence-electron chi connectivity index (χ3n) is 2.58. The van der Waals surface area contributed by atoms with Gasteiger partial charge in [0.15, 0.2) is 13.6 Å². The maximum atomic E-state index is 10.4. The molecule has 0 amide bonds. The topological polar surface area (TPSA) is 74.2 Å². The van der Waals surface area contributed by atoms with Crippen molar-refractivity contribution in [1.82, 2.24) is 0 Å². The van der Waals surface area contributed by atoms with Crippen molar-refractivity contribution in [2.45, 2.75) is 19.3 Å². The maximum Gasteiger partial charge on any atom is 0.188 e. The van der Waals surface area contributed by atoms with Gasteiger partial charge in [-0.1, -0.05) is 0 Å². The summed E-state index contributed by atoms with van der Waals surface area (Å²) < 4.78 is 20.4. The number of aromatic hydroxyl groups is 1. The molecule has 20 heavy (non-hydrogen) atoms. The van der Waals surface area contributed by atoms with Gasteiger partial charge in [-0.3, -0.25) is 0 Å². The van der Waals surface area contributed by atoms with E-state index in [1.54, 1.807) is 6.07 Å². The Kier molecular flexibility index (Phi) is 7.46. The second-order valence-corrected chi connectivity index (χ2v) is 4.08. The lowest BCUT2D eigenvalue weighted by atomic mass is 10.1. The smallest absolute Gasteiger partial charge is 0.188 e. The third-order valence-corrected chi connectivity index (χ3v) is 2.58. The van der Waals surface area contributed by atoms with Crippen LogP contribution >= 0.6 is 0 Å². The highest BCUT2D eigenvalue weighted by molar-refractivity contribution is 5.51. The van der Waals surface area contributed by atoms with Gasteiger partial charge in [-0.15, -0.1) is 0 Å². The molecule has 0 bridgehead atoms. The number of hydrogen-bond acceptors (Lipinski definition) is 6. The van der Waals surface area contributed by atoms with Crippen molar-refractivity contribution in [2.24, 2.45) is 0 Å². The number of phenolic OH excluding ortho intramolecular Hbond substituents is 1. The molecule has 6 heteroatoms. The van der Waals surface area contributed by atoms with E-state index in [0.29, 0.717) is 36.3 Å². The van der Waals surface area contributed by atoms with Crippen LogP contribution in [0, 0.1) is 0 Å². The van der Waals surface area contributed by atoms with E-state index in [-0.39, 0.29) is 19.3 Å². The largest absolute Gasteiger partial charge is 0.507 e. The molecule has 1 rings (SSSR count). The fourth-order valence-corrected chi connectivity index (χ4v) is 1.68. The molecule has 1 aromatic rings. The molecule has 0 atom stereocenters. The molecule has 0 aliphatic heterocycles. The standard InChI is InChI=1S/C14H20O6/c1-17-9-19-11-7-13(16)12(5-3-4-6-15)14(8-11)20-10-18-2/h6-8,16H,3-5,9-10H2,1-2H3. The lowest BCUT2D eigenvalue weighted by molar-refractivity contribution is -0.107. The highest BCUT2D eigenvalue weighted by atomic mass is 16.7. The second kappa shape index (κ2) is 9.17. The zero-order chi connectivity index (χ0) is 14.8. The summed E-state index contributed by atoms with van der Waals surface area (Å²) in [6, 6.07) is 3.16. The van der Waals surface area contributed by atoms with Crippen molar-refractivity contribution in [3.63, 3.8) is 0 Å². The van der Waals surface area contributed by atoms with Crippen LogP contribution in [0.3, 0.4) is 0 Å². The quantitative estimate of drug-likeness (QED) is 0.402. The number of ether oxygens (including phenoxy) is 4. The number of phenols is 1. The zero-order valence-corrected chi connectivity index (χ0v) is 11.8. The molecule has 0 unspecified atom stereocenters. The molecule has 0 saturated heterocycles. The van der Waals surface area contributed by atoms with E-state index in [2.05, 4.69) is 0 Å². The maximum absolute atomic E-state index is 10.4. The molecule has 0 aromatic heterocycles. The second-order valence-electron chi connectivity index (χ2n) is 4.08. The monoisotopic (exact) mass is 284 g/mol. The summed E-state index contributed by atoms with van der Waals surface area (Å²) in [4.78, 5) is 10.4. The molecule has 112 valence electrons. The first-order chi connectivity index (χ1) is 9.72. The van der Waals surface area contributed by atoms with Gasteiger partial charge >= 0.3 is 0 Å². The summed E-state index contributed by atoms with van der Waals surface area (Å²) in [5.74, 6) is 0.981. The predicted molar refractivity (Wildman–Crippen MR) is 72.1 cm³/mol. The van der Waals surface area contributed by atoms with E-state index in [1.165, 1.54) is 20.3 Å². The molecular formula is C14H20O6. The fourth-order valence-electron chi connectivity index (χ4n) is 1.68. The molecule has 0 aliphatic rings. The van der Waals surface area contributed by atoms with E-state index in [1.807, 2.05) is 0 Å². The van der Waals surface area contributed by atoms with Crippen molar-refractivity contribution in [2.75, 3.05) is 27.8 Å². The minimum Gasteiger partial charge on any atom is -0.507 e. The lowest BCUT2D eigenvalue weighted by Gasteiger charge is -2.14. The van der Waals surface area contributed by atoms with Crippen LogP contribution in [0.5, 0.6) is 17.2 Å². The average molecular weight is 284 g/mol. The fraction of sp³-hybridized carbons (Fsp3) is 0.500. The normalized spacial score (nSPS) is 10.3. The van der Waals surface area contributed by atoms with E-state index in [9.17, 15) is 9.90 Å². The Hall–Kier alpha value is -1.79. The Morgan fingerprint density at radius 1 is 1.15 bits per heavy atom. The molecular weight excluding hydrogens is 264 g/mol. The van der Waals surface area contributed by atoms with Gasteiger partial charge in [0.25, 0.3) is 0 Å². The number of methoxy groups -OCH3 is 2. The minimum atomic E-state index is 0.0633. The van der Waals surface area contributed by atoms with E-state index in [0.717, 1.165) is 6.29 Å². The van der Waals surface area contributed by atoms with Crippen LogP contribution < -0.4 is 9.47 Å². The third kappa shape index (κ3) is 5.07. The average Bonchev–Trinajstić information content (AvgIpc) is 2.45. The van der Waals surface area contributed by atoms with Crippen LogP contribution in [0.15, 0.2) is 12.1 Å². The number of unbranched alkanes of at least 4 members (excludes halogenated alkanes) is 1. The van der Waals surface area contributed by atoms with E-state index in [4.69, 9.17) is 18.9 Å². The van der Waals surface area contributed by atoms with Gasteiger partial charge in [0, 0.05) is 38.3 Å². The first-order valence-electron chi connectivity index (χ1n) is 6.26. The van der Waals surface area contributed by atoms with Gasteiger partial charge in [0.05, 0.1) is 0 Å². The summed E-state index contributed by atoms with van der Waals surface area (Å²) >= 11 is 0. The minimum absolute atomic E-state index is 0.0633. The van der Waals surface area contributed by atoms with Gasteiger partial charge in [-0.2, -0.15) is 0 Å². The van der Waals surface area contributed by atoms with Crippen molar-refractivity contribution >= 4 is 6.29 Å². The number of carbonyl (C=O) groups is 1. The summed E-state index contributed by atoms with van der Waals surface area (Å²) in [5.41, 5.74) is 0.633. The highest BCUT2D eigenvalue weighted by Crippen LogP contribution is 2.34. The Morgan fingerprint density at radius 2 is 1.85 bits per heavy atom. The molecule has 1 N–H and O–H groups in total. The van der Waals surface area contributed by atoms with Gasteiger partial charge in [0.2, 0.25) is 0 Å². The van der Waals surface area contributed by atoms with Crippen molar-refractivity contribution < 1.29 is 28.8 Å². The lowest BCUT2D eigenvalue weighted by Crippen LogP contribution is -2.04. The van der Waals surface area contributed by atoms with Crippen molar-refractivity contribution in [3.05, 3.63) is 17.7 Å². The number of aldehydes is 1. The Labute approximate surface area is 118 Å². The number of hydrogen-bond donors (Lipinski definition) is 1. The van der Waals surface area contributed by atoms with Crippen molar-refractivity contribution in [3.8, 4) is 17.2 Å². The number of benzene rings is 1. The SMILES string of the molecule is COCOc1cc(O)c(CCCC=O)c(OCOC)c1. The molecule has 0 aliphatic carbocycles. The summed E-state index contributed by atoms with van der Waals surface area (Å²) in [6.45, 7) is 0.140. The molecule has 1 aromatic carbocycles. The molecule has 0 fully saturated rings. The Morgan fingerprint density at radius 3 is 2.50 bits per heavy atom. The van der Waals surface area contributed by atoms with Crippen LogP contribution in [-0.2, 0) is 20.7 Å². The van der Waals surface area contributed by atoms with Gasteiger partial charge in [0.1, 0.15) is 23.5 Å². The van der Waals surface area contributed by atoms with Gasteiger partial charge < -0.3 is 28.8 Å².